The third-order valence-electron chi connectivity index (χ3n) is 5.07. The number of nitrogens with one attached hydrogen (secondary N) is 1. The van der Waals surface area contributed by atoms with Gasteiger partial charge in [0.25, 0.3) is 0 Å². The normalized spacial score (nSPS) is 30.5. The maximum atomic E-state index is 9.52. The highest BCUT2D eigenvalue weighted by Gasteiger charge is 2.38. The number of likely N-dealkylation sites (tertiary alicyclic amines) is 1. The lowest BCUT2D eigenvalue weighted by Crippen LogP contribution is -2.48. The lowest BCUT2D eigenvalue weighted by Gasteiger charge is -2.45. The molecule has 1 aromatic heterocycles. The minimum absolute atomic E-state index is 0.309. The lowest BCUT2D eigenvalue weighted by molar-refractivity contribution is 0.0772. The summed E-state index contributed by atoms with van der Waals surface area (Å²) in [5.41, 5.74) is 4.20. The van der Waals surface area contributed by atoms with Crippen LogP contribution in [0.25, 0.3) is 10.9 Å². The number of benzene rings is 1. The number of aliphatic hydroxyl groups is 1. The number of nitrogens with zero attached hydrogens (tertiary/aromatic N) is 1. The van der Waals surface area contributed by atoms with Crippen molar-refractivity contribution >= 4 is 10.9 Å². The maximum Gasteiger partial charge on any atom is 0.0471 e. The van der Waals surface area contributed by atoms with Gasteiger partial charge in [0, 0.05) is 42.2 Å². The fraction of sp³-hybridized carbons (Fsp3) is 0.500. The molecule has 3 atom stereocenters. The summed E-state index contributed by atoms with van der Waals surface area (Å²) >= 11 is 0. The van der Waals surface area contributed by atoms with E-state index in [1.54, 1.807) is 0 Å². The minimum atomic E-state index is 0.309. The third kappa shape index (κ3) is 1.58. The molecule has 1 aliphatic heterocycles. The smallest absolute Gasteiger partial charge is 0.0471 e. The van der Waals surface area contributed by atoms with Crippen LogP contribution in [0.5, 0.6) is 0 Å². The Balaban J connectivity index is 1.86. The summed E-state index contributed by atoms with van der Waals surface area (Å²) in [5.74, 6) is 0.991. The van der Waals surface area contributed by atoms with Crippen molar-refractivity contribution in [1.29, 1.82) is 0 Å². The van der Waals surface area contributed by atoms with E-state index in [1.807, 2.05) is 0 Å². The van der Waals surface area contributed by atoms with E-state index in [-0.39, 0.29) is 0 Å². The molecule has 2 N–H and O–H groups in total. The number of aromatic nitrogens is 1. The fourth-order valence-corrected chi connectivity index (χ4v) is 4.19. The van der Waals surface area contributed by atoms with Gasteiger partial charge < -0.3 is 15.0 Å². The second kappa shape index (κ2) is 4.09. The zero-order valence-corrected chi connectivity index (χ0v) is 11.3. The zero-order valence-electron chi connectivity index (χ0n) is 11.3. The second-order valence-corrected chi connectivity index (χ2v) is 6.19. The van der Waals surface area contributed by atoms with Crippen molar-refractivity contribution in [2.45, 2.75) is 24.8 Å². The molecule has 2 heterocycles. The van der Waals surface area contributed by atoms with Crippen molar-refractivity contribution in [3.63, 3.8) is 0 Å². The maximum absolute atomic E-state index is 9.52. The number of hydrogen-bond donors (Lipinski definition) is 2. The highest BCUT2D eigenvalue weighted by molar-refractivity contribution is 5.88. The molecule has 2 aliphatic rings. The molecule has 19 heavy (non-hydrogen) atoms. The first-order chi connectivity index (χ1) is 9.28. The van der Waals surface area contributed by atoms with Crippen LogP contribution in [0.2, 0.25) is 0 Å². The Morgan fingerprint density at radius 2 is 2.32 bits per heavy atom. The highest BCUT2D eigenvalue weighted by atomic mass is 16.3. The van der Waals surface area contributed by atoms with E-state index < -0.39 is 0 Å². The van der Waals surface area contributed by atoms with Crippen LogP contribution in [0.15, 0.2) is 24.4 Å². The van der Waals surface area contributed by atoms with Crippen LogP contribution in [-0.2, 0) is 6.42 Å². The monoisotopic (exact) mass is 256 g/mol. The molecule has 0 bridgehead atoms. The molecule has 100 valence electrons. The molecule has 0 radical (unpaired) electrons. The molecule has 0 spiro atoms. The number of fused-ring (bicyclic) bond motifs is 2. The van der Waals surface area contributed by atoms with Crippen molar-refractivity contribution in [3.05, 3.63) is 35.5 Å². The van der Waals surface area contributed by atoms with E-state index in [9.17, 15) is 5.11 Å². The fourth-order valence-electron chi connectivity index (χ4n) is 4.19. The highest BCUT2D eigenvalue weighted by Crippen LogP contribution is 2.44. The van der Waals surface area contributed by atoms with Crippen LogP contribution in [0, 0.1) is 5.92 Å². The van der Waals surface area contributed by atoms with Crippen molar-refractivity contribution in [2.75, 3.05) is 20.2 Å². The first kappa shape index (κ1) is 11.5. The summed E-state index contributed by atoms with van der Waals surface area (Å²) in [6.07, 6.45) is 4.43. The van der Waals surface area contributed by atoms with Gasteiger partial charge in [-0.2, -0.15) is 0 Å². The topological polar surface area (TPSA) is 39.3 Å². The molecule has 0 saturated carbocycles. The number of aliphatic hydroxyl groups excluding tert-OH is 1. The third-order valence-corrected chi connectivity index (χ3v) is 5.07. The quantitative estimate of drug-likeness (QED) is 0.820. The van der Waals surface area contributed by atoms with Gasteiger partial charge >= 0.3 is 0 Å². The minimum Gasteiger partial charge on any atom is -0.396 e. The Morgan fingerprint density at radius 1 is 1.42 bits per heavy atom. The van der Waals surface area contributed by atoms with Gasteiger partial charge in [0.2, 0.25) is 0 Å². The largest absolute Gasteiger partial charge is 0.396 e. The summed E-state index contributed by atoms with van der Waals surface area (Å²) in [7, 11) is 2.21. The van der Waals surface area contributed by atoms with Gasteiger partial charge in [-0.05, 0) is 43.0 Å². The molecule has 2 aromatic rings. The Kier molecular flexibility index (Phi) is 2.47. The predicted octanol–water partition coefficient (Wildman–Crippen LogP) is 2.12. The Bertz CT molecular complexity index is 618. The van der Waals surface area contributed by atoms with Crippen LogP contribution in [0.4, 0.5) is 0 Å². The summed E-state index contributed by atoms with van der Waals surface area (Å²) < 4.78 is 0. The summed E-state index contributed by atoms with van der Waals surface area (Å²) in [4.78, 5) is 5.85. The van der Waals surface area contributed by atoms with Crippen molar-refractivity contribution in [3.8, 4) is 0 Å². The van der Waals surface area contributed by atoms with Crippen LogP contribution < -0.4 is 0 Å². The van der Waals surface area contributed by atoms with Gasteiger partial charge in [-0.15, -0.1) is 0 Å². The summed E-state index contributed by atoms with van der Waals surface area (Å²) in [5, 5.41) is 11.0. The van der Waals surface area contributed by atoms with Crippen LogP contribution in [-0.4, -0.2) is 41.2 Å². The van der Waals surface area contributed by atoms with Crippen LogP contribution >= 0.6 is 0 Å². The number of piperidine rings is 1. The number of aromatic amines is 1. The van der Waals surface area contributed by atoms with Crippen LogP contribution in [0.1, 0.15) is 23.5 Å². The Hall–Kier alpha value is -1.32. The zero-order chi connectivity index (χ0) is 13.0. The van der Waals surface area contributed by atoms with Crippen molar-refractivity contribution in [1.82, 2.24) is 9.88 Å². The van der Waals surface area contributed by atoms with E-state index in [1.165, 1.54) is 22.0 Å². The summed E-state index contributed by atoms with van der Waals surface area (Å²) in [6.45, 7) is 1.33. The van der Waals surface area contributed by atoms with E-state index >= 15 is 0 Å². The van der Waals surface area contributed by atoms with Gasteiger partial charge in [0.1, 0.15) is 0 Å². The molecular weight excluding hydrogens is 236 g/mol. The summed E-state index contributed by atoms with van der Waals surface area (Å²) in [6, 6.07) is 7.20. The Morgan fingerprint density at radius 3 is 3.16 bits per heavy atom. The van der Waals surface area contributed by atoms with E-state index in [0.717, 1.165) is 19.4 Å². The SMILES string of the molecule is CN1C[C@H](CO)C[C@@H]2c3cccc4[nH]cc(c34)CC21. The first-order valence-corrected chi connectivity index (χ1v) is 7.18. The lowest BCUT2D eigenvalue weighted by atomic mass is 9.72. The molecule has 1 unspecified atom stereocenters. The molecule has 1 saturated heterocycles. The second-order valence-electron chi connectivity index (χ2n) is 6.19. The average molecular weight is 256 g/mol. The molecule has 1 aliphatic carbocycles. The molecule has 1 fully saturated rings. The molecule has 1 aromatic carbocycles. The molecule has 3 nitrogen and oxygen atoms in total. The van der Waals surface area contributed by atoms with E-state index in [2.05, 4.69) is 41.3 Å². The van der Waals surface area contributed by atoms with Crippen LogP contribution in [0.3, 0.4) is 0 Å². The van der Waals surface area contributed by atoms with Gasteiger partial charge in [-0.3, -0.25) is 0 Å². The molecular formula is C16H20N2O. The van der Waals surface area contributed by atoms with Crippen molar-refractivity contribution in [2.24, 2.45) is 5.92 Å². The van der Waals surface area contributed by atoms with Gasteiger partial charge in [-0.1, -0.05) is 12.1 Å². The first-order valence-electron chi connectivity index (χ1n) is 7.18. The molecule has 0 amide bonds. The van der Waals surface area contributed by atoms with E-state index in [0.29, 0.717) is 24.5 Å². The number of rotatable bonds is 1. The predicted molar refractivity (Wildman–Crippen MR) is 76.4 cm³/mol. The number of H-pyrrole nitrogens is 1. The Labute approximate surface area is 113 Å². The van der Waals surface area contributed by atoms with Gasteiger partial charge in [0.15, 0.2) is 0 Å². The van der Waals surface area contributed by atoms with Crippen molar-refractivity contribution < 1.29 is 5.11 Å². The molecule has 3 heteroatoms. The molecule has 4 rings (SSSR count). The number of hydrogen-bond acceptors (Lipinski definition) is 2. The van der Waals surface area contributed by atoms with Gasteiger partial charge in [-0.25, -0.2) is 0 Å². The average Bonchev–Trinajstić information content (AvgIpc) is 2.85. The number of likely N-dealkylation sites (N-methyl/N-ethyl adjacent to an activating group) is 1. The van der Waals surface area contributed by atoms with E-state index in [4.69, 9.17) is 0 Å². The standard InChI is InChI=1S/C16H20N2O/c1-18-8-10(9-19)5-13-12-3-2-4-14-16(12)11(7-17-14)6-15(13)18/h2-4,7,10,13,15,17,19H,5-6,8-9H2,1H3/t10-,13-,15?/m1/s1. The van der Waals surface area contributed by atoms with Gasteiger partial charge in [0.05, 0.1) is 0 Å².